The van der Waals surface area contributed by atoms with Gasteiger partial charge < -0.3 is 9.47 Å². The van der Waals surface area contributed by atoms with Gasteiger partial charge in [-0.3, -0.25) is 0 Å². The molecule has 3 rings (SSSR count). The maximum atomic E-state index is 6.63. The second-order valence-corrected chi connectivity index (χ2v) is 6.95. The number of benzene rings is 2. The highest BCUT2D eigenvalue weighted by Gasteiger charge is 2.18. The molecule has 1 aliphatic rings. The highest BCUT2D eigenvalue weighted by Crippen LogP contribution is 2.38. The number of hydrogen-bond donors (Lipinski definition) is 0. The third-order valence-corrected chi connectivity index (χ3v) is 5.05. The van der Waals surface area contributed by atoms with Crippen LogP contribution in [0.3, 0.4) is 0 Å². The van der Waals surface area contributed by atoms with Gasteiger partial charge in [0, 0.05) is 8.04 Å². The Hall–Kier alpha value is -0.460. The van der Waals surface area contributed by atoms with E-state index in [0.717, 1.165) is 30.7 Å². The third kappa shape index (κ3) is 2.92. The monoisotopic (exact) mass is 464 g/mol. The van der Waals surface area contributed by atoms with E-state index in [9.17, 15) is 0 Å². The number of fused-ring (bicyclic) bond motifs is 1. The van der Waals surface area contributed by atoms with Gasteiger partial charge >= 0.3 is 0 Å². The number of hydrogen-bond acceptors (Lipinski definition) is 2. The lowest BCUT2D eigenvalue weighted by Crippen LogP contribution is -2.15. The van der Waals surface area contributed by atoms with Crippen molar-refractivity contribution in [2.75, 3.05) is 13.2 Å². The lowest BCUT2D eigenvalue weighted by molar-refractivity contribution is 0.171. The van der Waals surface area contributed by atoms with Crippen molar-refractivity contribution >= 4 is 50.1 Å². The van der Waals surface area contributed by atoms with E-state index in [4.69, 9.17) is 21.1 Å². The first-order valence-electron chi connectivity index (χ1n) is 6.14. The summed E-state index contributed by atoms with van der Waals surface area (Å²) in [5, 5.41) is -0.213. The molecule has 0 amide bonds. The Labute approximate surface area is 144 Å². The summed E-state index contributed by atoms with van der Waals surface area (Å²) in [5.41, 5.74) is 2.09. The van der Waals surface area contributed by atoms with Crippen LogP contribution in [0.25, 0.3) is 0 Å². The van der Waals surface area contributed by atoms with Crippen LogP contribution in [0.15, 0.2) is 40.9 Å². The summed E-state index contributed by atoms with van der Waals surface area (Å²) in [6.07, 6.45) is 0. The highest BCUT2D eigenvalue weighted by atomic mass is 127. The summed E-state index contributed by atoms with van der Waals surface area (Å²) in [7, 11) is 0. The molecular weight excluding hydrogens is 454 g/mol. The average molecular weight is 466 g/mol. The first-order valence-corrected chi connectivity index (χ1v) is 8.44. The lowest BCUT2D eigenvalue weighted by atomic mass is 10.0. The fourth-order valence-electron chi connectivity index (χ4n) is 2.11. The van der Waals surface area contributed by atoms with Crippen molar-refractivity contribution < 1.29 is 9.47 Å². The molecule has 104 valence electrons. The van der Waals surface area contributed by atoms with E-state index in [-0.39, 0.29) is 5.38 Å². The molecule has 1 atom stereocenters. The standard InChI is InChI=1S/C15H11BrClIO2/c16-10-2-3-12(18)11(8-10)15(17)9-1-4-13-14(7-9)20-6-5-19-13/h1-4,7-8,15H,5-6H2. The van der Waals surface area contributed by atoms with Crippen LogP contribution in [-0.2, 0) is 0 Å². The van der Waals surface area contributed by atoms with Crippen molar-refractivity contribution in [2.24, 2.45) is 0 Å². The number of ether oxygens (including phenoxy) is 2. The molecular formula is C15H11BrClIO2. The van der Waals surface area contributed by atoms with Gasteiger partial charge in [0.2, 0.25) is 0 Å². The van der Waals surface area contributed by atoms with Gasteiger partial charge in [0.25, 0.3) is 0 Å². The summed E-state index contributed by atoms with van der Waals surface area (Å²) < 4.78 is 13.3. The van der Waals surface area contributed by atoms with Crippen LogP contribution in [0.2, 0.25) is 0 Å². The average Bonchev–Trinajstić information content (AvgIpc) is 2.48. The molecule has 0 aliphatic carbocycles. The van der Waals surface area contributed by atoms with Crippen molar-refractivity contribution in [3.8, 4) is 11.5 Å². The van der Waals surface area contributed by atoms with Crippen LogP contribution >= 0.6 is 50.1 Å². The SMILES string of the molecule is ClC(c1ccc2c(c1)OCCO2)c1cc(Br)ccc1I. The van der Waals surface area contributed by atoms with Crippen LogP contribution in [-0.4, -0.2) is 13.2 Å². The van der Waals surface area contributed by atoms with Crippen molar-refractivity contribution in [3.63, 3.8) is 0 Å². The number of alkyl halides is 1. The van der Waals surface area contributed by atoms with Gasteiger partial charge in [-0.05, 0) is 64.0 Å². The van der Waals surface area contributed by atoms with E-state index in [0.29, 0.717) is 13.2 Å². The van der Waals surface area contributed by atoms with Crippen LogP contribution in [0.1, 0.15) is 16.5 Å². The van der Waals surface area contributed by atoms with E-state index in [1.807, 2.05) is 30.3 Å². The molecule has 0 bridgehead atoms. The van der Waals surface area contributed by atoms with E-state index in [1.165, 1.54) is 0 Å². The summed E-state index contributed by atoms with van der Waals surface area (Å²) in [4.78, 5) is 0. The van der Waals surface area contributed by atoms with Crippen LogP contribution in [0.5, 0.6) is 11.5 Å². The van der Waals surface area contributed by atoms with Gasteiger partial charge in [-0.2, -0.15) is 0 Å². The van der Waals surface area contributed by atoms with Crippen LogP contribution in [0.4, 0.5) is 0 Å². The topological polar surface area (TPSA) is 18.5 Å². The van der Waals surface area contributed by atoms with Gasteiger partial charge in [-0.15, -0.1) is 11.6 Å². The first-order chi connectivity index (χ1) is 9.65. The van der Waals surface area contributed by atoms with E-state index < -0.39 is 0 Å². The Morgan fingerprint density at radius 3 is 2.60 bits per heavy atom. The first kappa shape index (κ1) is 14.5. The molecule has 5 heteroatoms. The molecule has 1 heterocycles. The zero-order valence-electron chi connectivity index (χ0n) is 10.4. The molecule has 2 aromatic carbocycles. The molecule has 0 saturated heterocycles. The molecule has 0 spiro atoms. The summed E-state index contributed by atoms with van der Waals surface area (Å²) >= 11 is 12.4. The Morgan fingerprint density at radius 1 is 1.05 bits per heavy atom. The van der Waals surface area contributed by atoms with Crippen LogP contribution in [0, 0.1) is 3.57 Å². The van der Waals surface area contributed by atoms with Crippen LogP contribution < -0.4 is 9.47 Å². The number of rotatable bonds is 2. The van der Waals surface area contributed by atoms with E-state index in [1.54, 1.807) is 0 Å². The molecule has 0 aromatic heterocycles. The minimum Gasteiger partial charge on any atom is -0.486 e. The van der Waals surface area contributed by atoms with Gasteiger partial charge in [0.1, 0.15) is 13.2 Å². The van der Waals surface area contributed by atoms with Crippen molar-refractivity contribution in [1.82, 2.24) is 0 Å². The Morgan fingerprint density at radius 2 is 1.80 bits per heavy atom. The minimum absolute atomic E-state index is 0.213. The van der Waals surface area contributed by atoms with E-state index >= 15 is 0 Å². The largest absolute Gasteiger partial charge is 0.486 e. The van der Waals surface area contributed by atoms with Gasteiger partial charge in [0.15, 0.2) is 11.5 Å². The Bertz CT molecular complexity index is 648. The second-order valence-electron chi connectivity index (χ2n) is 4.43. The normalized spacial score (nSPS) is 14.9. The zero-order chi connectivity index (χ0) is 14.1. The Balaban J connectivity index is 1.97. The molecule has 2 nitrogen and oxygen atoms in total. The molecule has 20 heavy (non-hydrogen) atoms. The van der Waals surface area contributed by atoms with Gasteiger partial charge in [0.05, 0.1) is 5.38 Å². The van der Waals surface area contributed by atoms with E-state index in [2.05, 4.69) is 44.6 Å². The molecule has 1 unspecified atom stereocenters. The Kier molecular flexibility index (Phi) is 4.43. The molecule has 1 aliphatic heterocycles. The lowest BCUT2D eigenvalue weighted by Gasteiger charge is -2.20. The zero-order valence-corrected chi connectivity index (χ0v) is 14.9. The quantitative estimate of drug-likeness (QED) is 0.451. The fraction of sp³-hybridized carbons (Fsp3) is 0.200. The summed E-state index contributed by atoms with van der Waals surface area (Å²) in [6, 6.07) is 12.0. The van der Waals surface area contributed by atoms with Crippen molar-refractivity contribution in [1.29, 1.82) is 0 Å². The molecule has 2 aromatic rings. The molecule has 0 fully saturated rings. The third-order valence-electron chi connectivity index (χ3n) is 3.09. The minimum atomic E-state index is -0.213. The fourth-order valence-corrected chi connectivity index (χ4v) is 3.63. The van der Waals surface area contributed by atoms with Gasteiger partial charge in [-0.1, -0.05) is 22.0 Å². The predicted octanol–water partition coefficient (Wildman–Crippen LogP) is 5.15. The van der Waals surface area contributed by atoms with Crippen molar-refractivity contribution in [3.05, 3.63) is 55.6 Å². The second kappa shape index (κ2) is 6.12. The maximum absolute atomic E-state index is 6.63. The summed E-state index contributed by atoms with van der Waals surface area (Å²) in [5.74, 6) is 1.55. The predicted molar refractivity (Wildman–Crippen MR) is 92.0 cm³/mol. The summed E-state index contributed by atoms with van der Waals surface area (Å²) in [6.45, 7) is 1.18. The molecule has 0 saturated carbocycles. The number of halogens is 3. The maximum Gasteiger partial charge on any atom is 0.161 e. The molecule has 0 radical (unpaired) electrons. The van der Waals surface area contributed by atoms with Gasteiger partial charge in [-0.25, -0.2) is 0 Å². The molecule has 0 N–H and O–H groups in total. The van der Waals surface area contributed by atoms with Crippen molar-refractivity contribution in [2.45, 2.75) is 5.38 Å². The smallest absolute Gasteiger partial charge is 0.161 e. The highest BCUT2D eigenvalue weighted by molar-refractivity contribution is 14.1.